The number of carbonyl (C=O) groups is 1. The van der Waals surface area contributed by atoms with E-state index in [-0.39, 0.29) is 18.0 Å². The van der Waals surface area contributed by atoms with Crippen LogP contribution in [-0.2, 0) is 14.8 Å². The Morgan fingerprint density at radius 3 is 2.67 bits per heavy atom. The maximum atomic E-state index is 11.9. The van der Waals surface area contributed by atoms with Crippen LogP contribution in [0.3, 0.4) is 0 Å². The highest BCUT2D eigenvalue weighted by atomic mass is 32.2. The molecule has 7 heteroatoms. The number of hydrogen-bond acceptors (Lipinski definition) is 4. The molecular formula is C11H23N3O3S. The largest absolute Gasteiger partial charge is 0.340 e. The van der Waals surface area contributed by atoms with Gasteiger partial charge in [0.25, 0.3) is 0 Å². The molecule has 18 heavy (non-hydrogen) atoms. The standard InChI is InChI=1S/C11H23N3O3S/c1-9(2)12-7-11(15)14-6-4-5-10(8-14)13-18(3,16)17/h9-10,12-13H,4-8H2,1-3H3. The first-order chi connectivity index (χ1) is 8.28. The highest BCUT2D eigenvalue weighted by Gasteiger charge is 2.25. The zero-order valence-electron chi connectivity index (χ0n) is 11.3. The van der Waals surface area contributed by atoms with Crippen molar-refractivity contribution < 1.29 is 13.2 Å². The van der Waals surface area contributed by atoms with Crippen LogP contribution in [0.4, 0.5) is 0 Å². The lowest BCUT2D eigenvalue weighted by molar-refractivity contribution is -0.131. The van der Waals surface area contributed by atoms with Gasteiger partial charge in [-0.05, 0) is 12.8 Å². The zero-order valence-corrected chi connectivity index (χ0v) is 12.1. The van der Waals surface area contributed by atoms with Gasteiger partial charge >= 0.3 is 0 Å². The minimum atomic E-state index is -3.20. The first-order valence-corrected chi connectivity index (χ1v) is 8.15. The van der Waals surface area contributed by atoms with E-state index >= 15 is 0 Å². The molecule has 0 aromatic rings. The van der Waals surface area contributed by atoms with E-state index in [9.17, 15) is 13.2 Å². The molecule has 1 aliphatic heterocycles. The molecule has 1 rings (SSSR count). The van der Waals surface area contributed by atoms with E-state index in [1.807, 2.05) is 13.8 Å². The highest BCUT2D eigenvalue weighted by Crippen LogP contribution is 2.10. The molecule has 1 unspecified atom stereocenters. The third-order valence-corrected chi connectivity index (χ3v) is 3.58. The molecule has 0 radical (unpaired) electrons. The molecule has 1 aliphatic rings. The van der Waals surface area contributed by atoms with Gasteiger partial charge in [-0.15, -0.1) is 0 Å². The van der Waals surface area contributed by atoms with E-state index in [2.05, 4.69) is 10.0 Å². The van der Waals surface area contributed by atoms with Crippen LogP contribution in [0.2, 0.25) is 0 Å². The fourth-order valence-electron chi connectivity index (χ4n) is 2.01. The molecule has 0 aliphatic carbocycles. The normalized spacial score (nSPS) is 21.3. The lowest BCUT2D eigenvalue weighted by atomic mass is 10.1. The summed E-state index contributed by atoms with van der Waals surface area (Å²) in [5.41, 5.74) is 0. The molecule has 1 saturated heterocycles. The molecule has 0 bridgehead atoms. The summed E-state index contributed by atoms with van der Waals surface area (Å²) in [7, 11) is -3.20. The first-order valence-electron chi connectivity index (χ1n) is 6.26. The summed E-state index contributed by atoms with van der Waals surface area (Å²) in [6, 6.07) is 0.112. The molecule has 106 valence electrons. The van der Waals surface area contributed by atoms with E-state index in [1.165, 1.54) is 0 Å². The van der Waals surface area contributed by atoms with Crippen molar-refractivity contribution in [2.24, 2.45) is 0 Å². The minimum Gasteiger partial charge on any atom is -0.340 e. The predicted molar refractivity (Wildman–Crippen MR) is 70.7 cm³/mol. The first kappa shape index (κ1) is 15.4. The van der Waals surface area contributed by atoms with E-state index < -0.39 is 10.0 Å². The van der Waals surface area contributed by atoms with Gasteiger partial charge in [-0.2, -0.15) is 0 Å². The number of nitrogens with zero attached hydrogens (tertiary/aromatic N) is 1. The molecule has 6 nitrogen and oxygen atoms in total. The average Bonchev–Trinajstić information content (AvgIpc) is 2.23. The molecule has 1 amide bonds. The van der Waals surface area contributed by atoms with Crippen LogP contribution < -0.4 is 10.0 Å². The number of rotatable bonds is 5. The molecule has 0 aromatic carbocycles. The van der Waals surface area contributed by atoms with Gasteiger partial charge < -0.3 is 10.2 Å². The number of nitrogens with one attached hydrogen (secondary N) is 2. The van der Waals surface area contributed by atoms with Crippen LogP contribution in [0.5, 0.6) is 0 Å². The van der Waals surface area contributed by atoms with Crippen LogP contribution in [-0.4, -0.2) is 57.2 Å². The van der Waals surface area contributed by atoms with Crippen molar-refractivity contribution in [3.63, 3.8) is 0 Å². The maximum Gasteiger partial charge on any atom is 0.236 e. The quantitative estimate of drug-likeness (QED) is 0.712. The summed E-state index contributed by atoms with van der Waals surface area (Å²) in [5, 5.41) is 3.08. The smallest absolute Gasteiger partial charge is 0.236 e. The van der Waals surface area contributed by atoms with Crippen molar-refractivity contribution in [2.75, 3.05) is 25.9 Å². The van der Waals surface area contributed by atoms with Crippen LogP contribution in [0.25, 0.3) is 0 Å². The summed E-state index contributed by atoms with van der Waals surface area (Å²) < 4.78 is 24.9. The Bertz CT molecular complexity index is 381. The molecule has 2 N–H and O–H groups in total. The van der Waals surface area contributed by atoms with Crippen molar-refractivity contribution in [3.8, 4) is 0 Å². The maximum absolute atomic E-state index is 11.9. The molecular weight excluding hydrogens is 254 g/mol. The van der Waals surface area contributed by atoms with E-state index in [0.717, 1.165) is 19.1 Å². The monoisotopic (exact) mass is 277 g/mol. The summed E-state index contributed by atoms with van der Waals surface area (Å²) in [6.45, 7) is 5.45. The Hall–Kier alpha value is -0.660. The lowest BCUT2D eigenvalue weighted by Gasteiger charge is -2.33. The van der Waals surface area contributed by atoms with E-state index in [4.69, 9.17) is 0 Å². The Morgan fingerprint density at radius 1 is 1.44 bits per heavy atom. The van der Waals surface area contributed by atoms with Crippen molar-refractivity contribution in [2.45, 2.75) is 38.8 Å². The van der Waals surface area contributed by atoms with Gasteiger partial charge in [-0.25, -0.2) is 13.1 Å². The predicted octanol–water partition coefficient (Wildman–Crippen LogP) is -0.475. The third kappa shape index (κ3) is 5.79. The van der Waals surface area contributed by atoms with Crippen LogP contribution in [0.1, 0.15) is 26.7 Å². The molecule has 0 spiro atoms. The SMILES string of the molecule is CC(C)NCC(=O)N1CCCC(NS(C)(=O)=O)C1. The second kappa shape index (κ2) is 6.49. The van der Waals surface area contributed by atoms with Crippen molar-refractivity contribution >= 4 is 15.9 Å². The van der Waals surface area contributed by atoms with Gasteiger partial charge in [0.05, 0.1) is 12.8 Å². The Labute approximate surface area is 109 Å². The number of piperidine rings is 1. The molecule has 1 atom stereocenters. The molecule has 0 saturated carbocycles. The topological polar surface area (TPSA) is 78.5 Å². The summed E-state index contributed by atoms with van der Waals surface area (Å²) in [5.74, 6) is 0.0312. The van der Waals surface area contributed by atoms with Crippen LogP contribution in [0.15, 0.2) is 0 Å². The zero-order chi connectivity index (χ0) is 13.8. The number of amides is 1. The number of sulfonamides is 1. The molecule has 0 aromatic heterocycles. The van der Waals surface area contributed by atoms with Gasteiger partial charge in [-0.1, -0.05) is 13.8 Å². The summed E-state index contributed by atoms with van der Waals surface area (Å²) in [4.78, 5) is 13.6. The Morgan fingerprint density at radius 2 is 2.11 bits per heavy atom. The van der Waals surface area contributed by atoms with Crippen molar-refractivity contribution in [1.82, 2.24) is 14.9 Å². The molecule has 1 heterocycles. The van der Waals surface area contributed by atoms with Crippen molar-refractivity contribution in [3.05, 3.63) is 0 Å². The van der Waals surface area contributed by atoms with E-state index in [1.54, 1.807) is 4.90 Å². The average molecular weight is 277 g/mol. The van der Waals surface area contributed by atoms with Crippen LogP contribution >= 0.6 is 0 Å². The number of likely N-dealkylation sites (tertiary alicyclic amines) is 1. The second-order valence-corrected chi connectivity index (χ2v) is 6.88. The highest BCUT2D eigenvalue weighted by molar-refractivity contribution is 7.88. The second-order valence-electron chi connectivity index (χ2n) is 5.10. The third-order valence-electron chi connectivity index (χ3n) is 2.82. The minimum absolute atomic E-state index is 0.0312. The van der Waals surface area contributed by atoms with Gasteiger partial charge in [0, 0.05) is 25.2 Å². The van der Waals surface area contributed by atoms with Crippen LogP contribution in [0, 0.1) is 0 Å². The number of carbonyl (C=O) groups excluding carboxylic acids is 1. The van der Waals surface area contributed by atoms with Crippen molar-refractivity contribution in [1.29, 1.82) is 0 Å². The molecule has 1 fully saturated rings. The van der Waals surface area contributed by atoms with Gasteiger partial charge in [0.2, 0.25) is 15.9 Å². The fourth-order valence-corrected chi connectivity index (χ4v) is 2.80. The number of hydrogen-bond donors (Lipinski definition) is 2. The Balaban J connectivity index is 2.45. The lowest BCUT2D eigenvalue weighted by Crippen LogP contribution is -2.51. The summed E-state index contributed by atoms with van der Waals surface area (Å²) in [6.07, 6.45) is 2.77. The Kier molecular flexibility index (Phi) is 5.55. The van der Waals surface area contributed by atoms with Gasteiger partial charge in [-0.3, -0.25) is 4.79 Å². The fraction of sp³-hybridized carbons (Fsp3) is 0.909. The van der Waals surface area contributed by atoms with Gasteiger partial charge in [0.15, 0.2) is 0 Å². The van der Waals surface area contributed by atoms with E-state index in [0.29, 0.717) is 19.6 Å². The summed E-state index contributed by atoms with van der Waals surface area (Å²) >= 11 is 0. The van der Waals surface area contributed by atoms with Gasteiger partial charge in [0.1, 0.15) is 0 Å².